The lowest BCUT2D eigenvalue weighted by Crippen LogP contribution is -2.11. The fraction of sp³-hybridized carbons (Fsp3) is 0.611. The minimum atomic E-state index is 0.140. The molecule has 1 aromatic rings. The Labute approximate surface area is 124 Å². The molecule has 1 amide bonds. The monoisotopic (exact) mass is 275 g/mol. The number of unbranched alkanes of at least 4 members (excludes halogenated alkanes) is 7. The molecule has 0 radical (unpaired) electrons. The Bertz CT molecular complexity index is 387. The van der Waals surface area contributed by atoms with Crippen LogP contribution in [-0.2, 0) is 4.79 Å². The van der Waals surface area contributed by atoms with Gasteiger partial charge in [-0.3, -0.25) is 4.79 Å². The van der Waals surface area contributed by atoms with Crippen molar-refractivity contribution in [2.75, 3.05) is 5.32 Å². The molecule has 0 fully saturated rings. The molecule has 1 rings (SSSR count). The molecule has 0 aliphatic heterocycles. The van der Waals surface area contributed by atoms with Crippen LogP contribution in [0, 0.1) is 6.92 Å². The number of hydrogen-bond acceptors (Lipinski definition) is 1. The van der Waals surface area contributed by atoms with E-state index in [9.17, 15) is 4.79 Å². The highest BCUT2D eigenvalue weighted by molar-refractivity contribution is 5.90. The maximum atomic E-state index is 11.8. The standard InChI is InChI=1S/C18H29NO/c1-3-4-5-6-7-8-9-10-14-18(20)19-17-13-11-12-16(2)15-17/h11-13,15H,3-10,14H2,1-2H3,(H,19,20). The molecule has 0 aliphatic carbocycles. The van der Waals surface area contributed by atoms with Crippen LogP contribution in [-0.4, -0.2) is 5.91 Å². The summed E-state index contributed by atoms with van der Waals surface area (Å²) in [4.78, 5) is 11.8. The van der Waals surface area contributed by atoms with Crippen molar-refractivity contribution in [2.24, 2.45) is 0 Å². The maximum Gasteiger partial charge on any atom is 0.224 e. The van der Waals surface area contributed by atoms with Gasteiger partial charge in [0, 0.05) is 12.1 Å². The van der Waals surface area contributed by atoms with E-state index in [1.54, 1.807) is 0 Å². The second kappa shape index (κ2) is 10.5. The predicted octanol–water partition coefficient (Wildman–Crippen LogP) is 5.46. The minimum absolute atomic E-state index is 0.140. The third-order valence-corrected chi connectivity index (χ3v) is 3.56. The molecule has 0 aromatic heterocycles. The first-order chi connectivity index (χ1) is 9.72. The number of rotatable bonds is 10. The highest BCUT2D eigenvalue weighted by Gasteiger charge is 2.02. The van der Waals surface area contributed by atoms with E-state index in [0.29, 0.717) is 6.42 Å². The summed E-state index contributed by atoms with van der Waals surface area (Å²) in [7, 11) is 0. The van der Waals surface area contributed by atoms with E-state index in [-0.39, 0.29) is 5.91 Å². The lowest BCUT2D eigenvalue weighted by atomic mass is 10.1. The SMILES string of the molecule is CCCCCCCCCCC(=O)Nc1cccc(C)c1. The fourth-order valence-electron chi connectivity index (χ4n) is 2.37. The van der Waals surface area contributed by atoms with Crippen molar-refractivity contribution in [3.63, 3.8) is 0 Å². The highest BCUT2D eigenvalue weighted by Crippen LogP contribution is 2.12. The van der Waals surface area contributed by atoms with Crippen molar-refractivity contribution in [1.29, 1.82) is 0 Å². The van der Waals surface area contributed by atoms with Crippen LogP contribution in [0.1, 0.15) is 70.3 Å². The molecule has 0 spiro atoms. The van der Waals surface area contributed by atoms with Crippen LogP contribution in [0.5, 0.6) is 0 Å². The smallest absolute Gasteiger partial charge is 0.224 e. The zero-order valence-corrected chi connectivity index (χ0v) is 13.1. The molecule has 2 nitrogen and oxygen atoms in total. The van der Waals surface area contributed by atoms with Gasteiger partial charge in [0.25, 0.3) is 0 Å². The molecule has 0 aliphatic rings. The lowest BCUT2D eigenvalue weighted by Gasteiger charge is -2.06. The quantitative estimate of drug-likeness (QED) is 0.564. The van der Waals surface area contributed by atoms with Crippen LogP contribution < -0.4 is 5.32 Å². The van der Waals surface area contributed by atoms with Gasteiger partial charge >= 0.3 is 0 Å². The molecule has 112 valence electrons. The summed E-state index contributed by atoms with van der Waals surface area (Å²) in [6, 6.07) is 7.96. The first-order valence-corrected chi connectivity index (χ1v) is 8.09. The molecule has 0 saturated heterocycles. The summed E-state index contributed by atoms with van der Waals surface area (Å²) in [5, 5.41) is 2.96. The predicted molar refractivity (Wildman–Crippen MR) is 87.0 cm³/mol. The van der Waals surface area contributed by atoms with Crippen LogP contribution in [0.3, 0.4) is 0 Å². The average Bonchev–Trinajstić information content (AvgIpc) is 2.42. The third kappa shape index (κ3) is 7.98. The van der Waals surface area contributed by atoms with Gasteiger partial charge in [0.05, 0.1) is 0 Å². The summed E-state index contributed by atoms with van der Waals surface area (Å²) < 4.78 is 0. The van der Waals surface area contributed by atoms with E-state index < -0.39 is 0 Å². The molecule has 0 saturated carbocycles. The number of amides is 1. The Balaban J connectivity index is 2.03. The minimum Gasteiger partial charge on any atom is -0.326 e. The van der Waals surface area contributed by atoms with Crippen LogP contribution >= 0.6 is 0 Å². The van der Waals surface area contributed by atoms with Crippen molar-refractivity contribution in [2.45, 2.75) is 71.6 Å². The van der Waals surface area contributed by atoms with Crippen LogP contribution in [0.15, 0.2) is 24.3 Å². The summed E-state index contributed by atoms with van der Waals surface area (Å²) in [5.41, 5.74) is 2.09. The number of carbonyl (C=O) groups excluding carboxylic acids is 1. The molecule has 20 heavy (non-hydrogen) atoms. The lowest BCUT2D eigenvalue weighted by molar-refractivity contribution is -0.116. The van der Waals surface area contributed by atoms with E-state index in [2.05, 4.69) is 12.2 Å². The van der Waals surface area contributed by atoms with Crippen LogP contribution in [0.2, 0.25) is 0 Å². The Kier molecular flexibility index (Phi) is 8.77. The van der Waals surface area contributed by atoms with Gasteiger partial charge in [-0.2, -0.15) is 0 Å². The summed E-state index contributed by atoms with van der Waals surface area (Å²) >= 11 is 0. The van der Waals surface area contributed by atoms with Crippen molar-refractivity contribution < 1.29 is 4.79 Å². The Morgan fingerprint density at radius 1 is 1.00 bits per heavy atom. The molecular formula is C18H29NO. The van der Waals surface area contributed by atoms with Crippen molar-refractivity contribution in [3.8, 4) is 0 Å². The molecule has 1 aromatic carbocycles. The molecular weight excluding hydrogens is 246 g/mol. The van der Waals surface area contributed by atoms with E-state index in [1.165, 1.54) is 50.5 Å². The number of nitrogens with one attached hydrogen (secondary N) is 1. The topological polar surface area (TPSA) is 29.1 Å². The molecule has 2 heteroatoms. The van der Waals surface area contributed by atoms with Gasteiger partial charge in [-0.15, -0.1) is 0 Å². The molecule has 0 unspecified atom stereocenters. The van der Waals surface area contributed by atoms with Gasteiger partial charge in [0.2, 0.25) is 5.91 Å². The van der Waals surface area contributed by atoms with Gasteiger partial charge in [-0.05, 0) is 31.0 Å². The third-order valence-electron chi connectivity index (χ3n) is 3.56. The van der Waals surface area contributed by atoms with Gasteiger partial charge in [-0.1, -0.05) is 64.0 Å². The van der Waals surface area contributed by atoms with E-state index in [4.69, 9.17) is 0 Å². The van der Waals surface area contributed by atoms with E-state index in [1.807, 2.05) is 31.2 Å². The largest absolute Gasteiger partial charge is 0.326 e. The van der Waals surface area contributed by atoms with E-state index >= 15 is 0 Å². The molecule has 0 atom stereocenters. The maximum absolute atomic E-state index is 11.8. The molecule has 0 bridgehead atoms. The van der Waals surface area contributed by atoms with Gasteiger partial charge in [0.1, 0.15) is 0 Å². The zero-order valence-electron chi connectivity index (χ0n) is 13.1. The Morgan fingerprint density at radius 2 is 1.65 bits per heavy atom. The second-order valence-electron chi connectivity index (χ2n) is 5.64. The number of benzene rings is 1. The fourth-order valence-corrected chi connectivity index (χ4v) is 2.37. The van der Waals surface area contributed by atoms with Gasteiger partial charge in [-0.25, -0.2) is 0 Å². The van der Waals surface area contributed by atoms with Crippen LogP contribution in [0.25, 0.3) is 0 Å². The van der Waals surface area contributed by atoms with Gasteiger partial charge in [0.15, 0.2) is 0 Å². The second-order valence-corrected chi connectivity index (χ2v) is 5.64. The number of hydrogen-bond donors (Lipinski definition) is 1. The van der Waals surface area contributed by atoms with Crippen LogP contribution in [0.4, 0.5) is 5.69 Å². The highest BCUT2D eigenvalue weighted by atomic mass is 16.1. The zero-order chi connectivity index (χ0) is 14.6. The average molecular weight is 275 g/mol. The van der Waals surface area contributed by atoms with Crippen molar-refractivity contribution >= 4 is 11.6 Å². The molecule has 1 N–H and O–H groups in total. The molecule has 0 heterocycles. The summed E-state index contributed by atoms with van der Waals surface area (Å²) in [6.45, 7) is 4.28. The normalized spacial score (nSPS) is 10.5. The summed E-state index contributed by atoms with van der Waals surface area (Å²) in [6.07, 6.45) is 10.8. The first-order valence-electron chi connectivity index (χ1n) is 8.09. The van der Waals surface area contributed by atoms with Gasteiger partial charge < -0.3 is 5.32 Å². The van der Waals surface area contributed by atoms with Crippen molar-refractivity contribution in [3.05, 3.63) is 29.8 Å². The first kappa shape index (κ1) is 16.7. The number of carbonyl (C=O) groups is 1. The van der Waals surface area contributed by atoms with Crippen molar-refractivity contribution in [1.82, 2.24) is 0 Å². The summed E-state index contributed by atoms with van der Waals surface area (Å²) in [5.74, 6) is 0.140. The number of anilines is 1. The number of aryl methyl sites for hydroxylation is 1. The van der Waals surface area contributed by atoms with E-state index in [0.717, 1.165) is 12.1 Å². The Hall–Kier alpha value is -1.31. The Morgan fingerprint density at radius 3 is 2.30 bits per heavy atom.